The minimum absolute atomic E-state index is 0.234. The molecule has 1 saturated heterocycles. The van der Waals surface area contributed by atoms with Gasteiger partial charge in [-0.1, -0.05) is 0 Å². The Morgan fingerprint density at radius 2 is 1.93 bits per heavy atom. The zero-order valence-corrected chi connectivity index (χ0v) is 9.32. The summed E-state index contributed by atoms with van der Waals surface area (Å²) in [5.74, 6) is 0.607. The van der Waals surface area contributed by atoms with Gasteiger partial charge in [0.05, 0.1) is 5.60 Å². The quantitative estimate of drug-likeness (QED) is 0.479. The SMILES string of the molecule is CC(C)N=C(N)N1CCC(C)(O)CC1. The fourth-order valence-electron chi connectivity index (χ4n) is 1.56. The first-order valence-electron chi connectivity index (χ1n) is 5.21. The maximum atomic E-state index is 9.75. The predicted molar refractivity (Wildman–Crippen MR) is 58.2 cm³/mol. The van der Waals surface area contributed by atoms with Crippen molar-refractivity contribution in [2.24, 2.45) is 10.7 Å². The largest absolute Gasteiger partial charge is 0.390 e. The number of nitrogens with zero attached hydrogens (tertiary/aromatic N) is 2. The zero-order valence-electron chi connectivity index (χ0n) is 9.32. The third-order valence-electron chi connectivity index (χ3n) is 2.56. The van der Waals surface area contributed by atoms with Gasteiger partial charge < -0.3 is 15.7 Å². The van der Waals surface area contributed by atoms with Crippen LogP contribution in [0.1, 0.15) is 33.6 Å². The van der Waals surface area contributed by atoms with Crippen molar-refractivity contribution in [1.82, 2.24) is 4.90 Å². The summed E-state index contributed by atoms with van der Waals surface area (Å²) < 4.78 is 0. The lowest BCUT2D eigenvalue weighted by molar-refractivity contribution is 0.00961. The Kier molecular flexibility index (Phi) is 3.37. The average Bonchev–Trinajstić information content (AvgIpc) is 2.02. The number of piperidine rings is 1. The van der Waals surface area contributed by atoms with Crippen LogP contribution in [0.2, 0.25) is 0 Å². The Labute approximate surface area is 85.8 Å². The van der Waals surface area contributed by atoms with E-state index in [0.29, 0.717) is 5.96 Å². The van der Waals surface area contributed by atoms with Crippen LogP contribution in [0.25, 0.3) is 0 Å². The first-order chi connectivity index (χ1) is 6.41. The molecule has 0 aromatic heterocycles. The fourth-order valence-corrected chi connectivity index (χ4v) is 1.56. The van der Waals surface area contributed by atoms with E-state index in [1.54, 1.807) is 0 Å². The molecule has 1 rings (SSSR count). The second-order valence-corrected chi connectivity index (χ2v) is 4.57. The van der Waals surface area contributed by atoms with Crippen molar-refractivity contribution in [2.75, 3.05) is 13.1 Å². The highest BCUT2D eigenvalue weighted by molar-refractivity contribution is 5.78. The van der Waals surface area contributed by atoms with Gasteiger partial charge in [-0.3, -0.25) is 4.99 Å². The van der Waals surface area contributed by atoms with Crippen LogP contribution in [0.5, 0.6) is 0 Å². The van der Waals surface area contributed by atoms with E-state index in [2.05, 4.69) is 4.99 Å². The molecule has 1 aliphatic rings. The molecule has 3 N–H and O–H groups in total. The van der Waals surface area contributed by atoms with Crippen LogP contribution >= 0.6 is 0 Å². The zero-order chi connectivity index (χ0) is 10.8. The maximum absolute atomic E-state index is 9.75. The van der Waals surface area contributed by atoms with Crippen molar-refractivity contribution in [3.05, 3.63) is 0 Å². The minimum atomic E-state index is -0.519. The Morgan fingerprint density at radius 1 is 1.43 bits per heavy atom. The second kappa shape index (κ2) is 4.17. The lowest BCUT2D eigenvalue weighted by Gasteiger charge is -2.36. The summed E-state index contributed by atoms with van der Waals surface area (Å²) >= 11 is 0. The molecule has 0 aromatic rings. The van der Waals surface area contributed by atoms with E-state index in [0.717, 1.165) is 25.9 Å². The van der Waals surface area contributed by atoms with Gasteiger partial charge >= 0.3 is 0 Å². The highest BCUT2D eigenvalue weighted by atomic mass is 16.3. The van der Waals surface area contributed by atoms with Gasteiger partial charge in [0.15, 0.2) is 5.96 Å². The van der Waals surface area contributed by atoms with Crippen LogP contribution in [0.4, 0.5) is 0 Å². The fraction of sp³-hybridized carbons (Fsp3) is 0.900. The van der Waals surface area contributed by atoms with Crippen LogP contribution in [0, 0.1) is 0 Å². The predicted octanol–water partition coefficient (Wildman–Crippen LogP) is 0.556. The van der Waals surface area contributed by atoms with Crippen LogP contribution in [0.3, 0.4) is 0 Å². The molecule has 0 aromatic carbocycles. The molecule has 0 spiro atoms. The van der Waals surface area contributed by atoms with Gasteiger partial charge in [-0.25, -0.2) is 0 Å². The summed E-state index contributed by atoms with van der Waals surface area (Å²) in [7, 11) is 0. The van der Waals surface area contributed by atoms with Gasteiger partial charge in [0.2, 0.25) is 0 Å². The van der Waals surface area contributed by atoms with Crippen LogP contribution < -0.4 is 5.73 Å². The molecule has 1 aliphatic heterocycles. The molecule has 1 fully saturated rings. The van der Waals surface area contributed by atoms with E-state index in [-0.39, 0.29) is 6.04 Å². The summed E-state index contributed by atoms with van der Waals surface area (Å²) in [6.07, 6.45) is 1.53. The second-order valence-electron chi connectivity index (χ2n) is 4.57. The number of hydrogen-bond donors (Lipinski definition) is 2. The summed E-state index contributed by atoms with van der Waals surface area (Å²) in [4.78, 5) is 6.33. The summed E-state index contributed by atoms with van der Waals surface area (Å²) in [5, 5.41) is 9.75. The number of aliphatic hydroxyl groups is 1. The molecule has 0 radical (unpaired) electrons. The molecule has 0 amide bonds. The molecular weight excluding hydrogens is 178 g/mol. The smallest absolute Gasteiger partial charge is 0.191 e. The number of hydrogen-bond acceptors (Lipinski definition) is 2. The molecule has 4 nitrogen and oxygen atoms in total. The minimum Gasteiger partial charge on any atom is -0.390 e. The molecule has 0 bridgehead atoms. The standard InChI is InChI=1S/C10H21N3O/c1-8(2)12-9(11)13-6-4-10(3,14)5-7-13/h8,14H,4-7H2,1-3H3,(H2,11,12). The molecule has 0 saturated carbocycles. The van der Waals surface area contributed by atoms with Gasteiger partial charge in [-0.2, -0.15) is 0 Å². The number of aliphatic imine (C=N–C) groups is 1. The van der Waals surface area contributed by atoms with E-state index < -0.39 is 5.60 Å². The van der Waals surface area contributed by atoms with Crippen molar-refractivity contribution in [2.45, 2.75) is 45.3 Å². The third kappa shape index (κ3) is 3.18. The summed E-state index contributed by atoms with van der Waals surface area (Å²) in [6.45, 7) is 7.49. The maximum Gasteiger partial charge on any atom is 0.191 e. The van der Waals surface area contributed by atoms with Crippen LogP contribution in [-0.4, -0.2) is 40.7 Å². The van der Waals surface area contributed by atoms with E-state index >= 15 is 0 Å². The van der Waals surface area contributed by atoms with Gasteiger partial charge in [-0.15, -0.1) is 0 Å². The lowest BCUT2D eigenvalue weighted by atomic mass is 9.94. The molecule has 1 heterocycles. The average molecular weight is 199 g/mol. The first-order valence-corrected chi connectivity index (χ1v) is 5.21. The monoisotopic (exact) mass is 199 g/mol. The normalized spacial score (nSPS) is 22.9. The molecule has 0 aliphatic carbocycles. The molecule has 14 heavy (non-hydrogen) atoms. The molecule has 82 valence electrons. The molecule has 4 heteroatoms. The van der Waals surface area contributed by atoms with Crippen LogP contribution in [0.15, 0.2) is 4.99 Å². The van der Waals surface area contributed by atoms with E-state index in [4.69, 9.17) is 5.73 Å². The Hall–Kier alpha value is -0.770. The number of guanidine groups is 1. The Morgan fingerprint density at radius 3 is 2.36 bits per heavy atom. The van der Waals surface area contributed by atoms with Gasteiger partial charge in [0, 0.05) is 19.1 Å². The highest BCUT2D eigenvalue weighted by Crippen LogP contribution is 2.20. The molecule has 0 unspecified atom stereocenters. The van der Waals surface area contributed by atoms with Crippen molar-refractivity contribution < 1.29 is 5.11 Å². The lowest BCUT2D eigenvalue weighted by Crippen LogP contribution is -2.48. The van der Waals surface area contributed by atoms with Crippen molar-refractivity contribution >= 4 is 5.96 Å². The van der Waals surface area contributed by atoms with Crippen molar-refractivity contribution in [3.63, 3.8) is 0 Å². The number of rotatable bonds is 1. The number of nitrogens with two attached hydrogens (primary N) is 1. The summed E-state index contributed by atoms with van der Waals surface area (Å²) in [6, 6.07) is 0.234. The van der Waals surface area contributed by atoms with Gasteiger partial charge in [0.25, 0.3) is 0 Å². The Balaban J connectivity index is 2.50. The molecule has 0 atom stereocenters. The van der Waals surface area contributed by atoms with E-state index in [9.17, 15) is 5.11 Å². The van der Waals surface area contributed by atoms with Gasteiger partial charge in [-0.05, 0) is 33.6 Å². The van der Waals surface area contributed by atoms with Crippen molar-refractivity contribution in [3.8, 4) is 0 Å². The molecular formula is C10H21N3O. The summed E-state index contributed by atoms with van der Waals surface area (Å²) in [5.41, 5.74) is 5.31. The third-order valence-corrected chi connectivity index (χ3v) is 2.56. The van der Waals surface area contributed by atoms with Crippen LogP contribution in [-0.2, 0) is 0 Å². The Bertz CT molecular complexity index is 213. The van der Waals surface area contributed by atoms with Crippen molar-refractivity contribution in [1.29, 1.82) is 0 Å². The topological polar surface area (TPSA) is 61.8 Å². The van der Waals surface area contributed by atoms with E-state index in [1.807, 2.05) is 25.7 Å². The highest BCUT2D eigenvalue weighted by Gasteiger charge is 2.27. The van der Waals surface area contributed by atoms with E-state index in [1.165, 1.54) is 0 Å². The van der Waals surface area contributed by atoms with Gasteiger partial charge in [0.1, 0.15) is 0 Å². The first kappa shape index (κ1) is 11.3. The number of likely N-dealkylation sites (tertiary alicyclic amines) is 1.